The Morgan fingerprint density at radius 1 is 1.35 bits per heavy atom. The van der Waals surface area contributed by atoms with Gasteiger partial charge in [0.15, 0.2) is 0 Å². The van der Waals surface area contributed by atoms with Gasteiger partial charge in [0.05, 0.1) is 6.20 Å². The Balaban J connectivity index is 2.67. The Bertz CT molecular complexity index is 549. The van der Waals surface area contributed by atoms with Crippen molar-refractivity contribution in [3.05, 3.63) is 28.9 Å². The number of nitrogen functional groups attached to an aromatic ring is 1. The van der Waals surface area contributed by atoms with Crippen LogP contribution in [0, 0.1) is 0 Å². The second-order valence-corrected chi connectivity index (χ2v) is 4.68. The molecule has 4 nitrogen and oxygen atoms in total. The van der Waals surface area contributed by atoms with Crippen LogP contribution in [0.5, 0.6) is 5.75 Å². The number of aromatic amines is 1. The first-order valence-corrected chi connectivity index (χ1v) is 5.70. The number of halogens is 1. The molecule has 90 valence electrons. The zero-order valence-corrected chi connectivity index (χ0v) is 10.4. The first-order valence-electron chi connectivity index (χ1n) is 5.32. The highest BCUT2D eigenvalue weighted by molar-refractivity contribution is 6.31. The topological polar surface area (TPSA) is 74.9 Å². The number of aromatic hydroxyl groups is 1. The molecule has 0 amide bonds. The van der Waals surface area contributed by atoms with Gasteiger partial charge in [0.25, 0.3) is 0 Å². The maximum atomic E-state index is 10.2. The number of H-pyrrole nitrogens is 1. The third kappa shape index (κ3) is 2.08. The fourth-order valence-corrected chi connectivity index (χ4v) is 2.00. The lowest BCUT2D eigenvalue weighted by Gasteiger charge is -2.13. The molecule has 5 heteroatoms. The van der Waals surface area contributed by atoms with Crippen molar-refractivity contribution < 1.29 is 5.11 Å². The molecule has 0 saturated heterocycles. The van der Waals surface area contributed by atoms with Crippen LogP contribution >= 0.6 is 11.6 Å². The molecule has 0 unspecified atom stereocenters. The van der Waals surface area contributed by atoms with Gasteiger partial charge in [-0.05, 0) is 23.6 Å². The molecule has 0 aliphatic rings. The van der Waals surface area contributed by atoms with Crippen LogP contribution in [0.15, 0.2) is 18.3 Å². The highest BCUT2D eigenvalue weighted by atomic mass is 35.5. The van der Waals surface area contributed by atoms with E-state index in [4.69, 9.17) is 17.3 Å². The van der Waals surface area contributed by atoms with Crippen LogP contribution in [0.1, 0.15) is 25.3 Å². The third-order valence-electron chi connectivity index (χ3n) is 2.69. The van der Waals surface area contributed by atoms with E-state index in [-0.39, 0.29) is 11.7 Å². The monoisotopic (exact) mass is 251 g/mol. The number of aromatic nitrogens is 2. The van der Waals surface area contributed by atoms with Crippen molar-refractivity contribution in [3.8, 4) is 16.9 Å². The Labute approximate surface area is 104 Å². The Morgan fingerprint density at radius 3 is 2.59 bits per heavy atom. The minimum Gasteiger partial charge on any atom is -0.507 e. The predicted molar refractivity (Wildman–Crippen MR) is 69.2 cm³/mol. The summed E-state index contributed by atoms with van der Waals surface area (Å²) in [6.07, 6.45) is 1.57. The van der Waals surface area contributed by atoms with Crippen LogP contribution < -0.4 is 5.73 Å². The first kappa shape index (κ1) is 11.8. The van der Waals surface area contributed by atoms with Crippen molar-refractivity contribution in [2.45, 2.75) is 19.8 Å². The molecule has 0 saturated carbocycles. The summed E-state index contributed by atoms with van der Waals surface area (Å²) in [5.41, 5.74) is 7.81. The van der Waals surface area contributed by atoms with Gasteiger partial charge in [0, 0.05) is 16.1 Å². The van der Waals surface area contributed by atoms with Gasteiger partial charge in [0.1, 0.15) is 11.6 Å². The highest BCUT2D eigenvalue weighted by Crippen LogP contribution is 2.39. The average molecular weight is 252 g/mol. The smallest absolute Gasteiger partial charge is 0.127 e. The normalized spacial score (nSPS) is 11.1. The van der Waals surface area contributed by atoms with Gasteiger partial charge in [-0.3, -0.25) is 5.10 Å². The van der Waals surface area contributed by atoms with E-state index in [0.717, 1.165) is 5.56 Å². The number of benzene rings is 1. The van der Waals surface area contributed by atoms with Crippen LogP contribution in [0.25, 0.3) is 11.1 Å². The zero-order chi connectivity index (χ0) is 12.6. The summed E-state index contributed by atoms with van der Waals surface area (Å²) in [5.74, 6) is 0.801. The van der Waals surface area contributed by atoms with Gasteiger partial charge in [-0.15, -0.1) is 0 Å². The molecule has 1 aromatic carbocycles. The standard InChI is InChI=1S/C12H14ClN3O/c1-6(2)8-3-7(13)4-9(11(8)17)10-5-15-16-12(10)14/h3-6,17H,1-2H3,(H3,14,15,16). The Morgan fingerprint density at radius 2 is 2.06 bits per heavy atom. The number of nitrogens with one attached hydrogen (secondary N) is 1. The molecule has 0 spiro atoms. The molecule has 0 aliphatic carbocycles. The van der Waals surface area contributed by atoms with E-state index in [2.05, 4.69) is 10.2 Å². The number of phenolic OH excluding ortho intramolecular Hbond substituents is 1. The van der Waals surface area contributed by atoms with Crippen LogP contribution in [0.4, 0.5) is 5.82 Å². The molecule has 0 bridgehead atoms. The quantitative estimate of drug-likeness (QED) is 0.768. The van der Waals surface area contributed by atoms with Crippen LogP contribution in [-0.4, -0.2) is 15.3 Å². The number of nitrogens with zero attached hydrogens (tertiary/aromatic N) is 1. The second-order valence-electron chi connectivity index (χ2n) is 4.24. The average Bonchev–Trinajstić information content (AvgIpc) is 2.67. The number of anilines is 1. The molecule has 0 radical (unpaired) electrons. The van der Waals surface area contributed by atoms with E-state index >= 15 is 0 Å². The van der Waals surface area contributed by atoms with E-state index in [1.807, 2.05) is 13.8 Å². The number of phenols is 1. The predicted octanol–water partition coefficient (Wildman–Crippen LogP) is 3.14. The Kier molecular flexibility index (Phi) is 2.98. The first-order chi connectivity index (χ1) is 8.00. The lowest BCUT2D eigenvalue weighted by Crippen LogP contribution is -1.93. The number of rotatable bonds is 2. The van der Waals surface area contributed by atoms with Gasteiger partial charge >= 0.3 is 0 Å². The molecular formula is C12H14ClN3O. The summed E-state index contributed by atoms with van der Waals surface area (Å²) in [5, 5.41) is 17.3. The summed E-state index contributed by atoms with van der Waals surface area (Å²) in [6, 6.07) is 3.45. The molecule has 0 fully saturated rings. The van der Waals surface area contributed by atoms with E-state index < -0.39 is 0 Å². The molecule has 2 aromatic rings. The SMILES string of the molecule is CC(C)c1cc(Cl)cc(-c2cn[nH]c2N)c1O. The number of hydrogen-bond acceptors (Lipinski definition) is 3. The fraction of sp³-hybridized carbons (Fsp3) is 0.250. The summed E-state index contributed by atoms with van der Waals surface area (Å²) in [4.78, 5) is 0. The molecule has 4 N–H and O–H groups in total. The zero-order valence-electron chi connectivity index (χ0n) is 9.66. The Hall–Kier alpha value is -1.68. The molecule has 1 aromatic heterocycles. The van der Waals surface area contributed by atoms with E-state index in [9.17, 15) is 5.11 Å². The van der Waals surface area contributed by atoms with Crippen molar-refractivity contribution in [2.24, 2.45) is 0 Å². The number of hydrogen-bond donors (Lipinski definition) is 3. The van der Waals surface area contributed by atoms with Crippen molar-refractivity contribution in [3.63, 3.8) is 0 Å². The van der Waals surface area contributed by atoms with E-state index in [1.165, 1.54) is 0 Å². The van der Waals surface area contributed by atoms with Crippen LogP contribution in [0.2, 0.25) is 5.02 Å². The lowest BCUT2D eigenvalue weighted by atomic mass is 9.96. The molecule has 17 heavy (non-hydrogen) atoms. The second kappa shape index (κ2) is 4.30. The minimum atomic E-state index is 0.181. The van der Waals surface area contributed by atoms with Crippen LogP contribution in [0.3, 0.4) is 0 Å². The van der Waals surface area contributed by atoms with E-state index in [1.54, 1.807) is 18.3 Å². The summed E-state index contributed by atoms with van der Waals surface area (Å²) >= 11 is 6.05. The third-order valence-corrected chi connectivity index (χ3v) is 2.90. The molecule has 1 heterocycles. The fourth-order valence-electron chi connectivity index (χ4n) is 1.78. The van der Waals surface area contributed by atoms with Gasteiger partial charge in [-0.25, -0.2) is 0 Å². The van der Waals surface area contributed by atoms with Crippen molar-refractivity contribution in [1.29, 1.82) is 0 Å². The molecule has 0 aliphatic heterocycles. The van der Waals surface area contributed by atoms with Gasteiger partial charge < -0.3 is 10.8 Å². The van der Waals surface area contributed by atoms with Gasteiger partial charge in [-0.1, -0.05) is 25.4 Å². The summed E-state index contributed by atoms with van der Waals surface area (Å²) < 4.78 is 0. The maximum absolute atomic E-state index is 10.2. The summed E-state index contributed by atoms with van der Waals surface area (Å²) in [6.45, 7) is 3.99. The highest BCUT2D eigenvalue weighted by Gasteiger charge is 2.16. The minimum absolute atomic E-state index is 0.181. The summed E-state index contributed by atoms with van der Waals surface area (Å²) in [7, 11) is 0. The lowest BCUT2D eigenvalue weighted by molar-refractivity contribution is 0.467. The molecule has 0 atom stereocenters. The van der Waals surface area contributed by atoms with Crippen molar-refractivity contribution in [1.82, 2.24) is 10.2 Å². The molecule has 2 rings (SSSR count). The van der Waals surface area contributed by atoms with E-state index in [0.29, 0.717) is 22.0 Å². The van der Waals surface area contributed by atoms with Crippen molar-refractivity contribution >= 4 is 17.4 Å². The number of nitrogens with two attached hydrogens (primary N) is 1. The van der Waals surface area contributed by atoms with Crippen molar-refractivity contribution in [2.75, 3.05) is 5.73 Å². The maximum Gasteiger partial charge on any atom is 0.127 e. The van der Waals surface area contributed by atoms with Crippen LogP contribution in [-0.2, 0) is 0 Å². The van der Waals surface area contributed by atoms with Gasteiger partial charge in [0.2, 0.25) is 0 Å². The van der Waals surface area contributed by atoms with Gasteiger partial charge in [-0.2, -0.15) is 5.10 Å². The largest absolute Gasteiger partial charge is 0.507 e. The molecular weight excluding hydrogens is 238 g/mol.